The zero-order chi connectivity index (χ0) is 7.56. The van der Waals surface area contributed by atoms with Gasteiger partial charge in [-0.2, -0.15) is 0 Å². The molecule has 0 aliphatic heterocycles. The van der Waals surface area contributed by atoms with Gasteiger partial charge in [0.15, 0.2) is 0 Å². The summed E-state index contributed by atoms with van der Waals surface area (Å²) in [5.74, 6) is 0.991. The van der Waals surface area contributed by atoms with Crippen molar-refractivity contribution >= 4 is 17.4 Å². The van der Waals surface area contributed by atoms with Crippen LogP contribution in [-0.2, 0) is 6.42 Å². The molecule has 2 nitrogen and oxygen atoms in total. The second-order valence-electron chi connectivity index (χ2n) is 2.00. The molecule has 0 aliphatic carbocycles. The monoisotopic (exact) mass is 157 g/mol. The van der Waals surface area contributed by atoms with Crippen LogP contribution in [0.3, 0.4) is 0 Å². The Bertz CT molecular complexity index is 219. The van der Waals surface area contributed by atoms with E-state index in [0.29, 0.717) is 0 Å². The lowest BCUT2D eigenvalue weighted by molar-refractivity contribution is 0.508. The summed E-state index contributed by atoms with van der Waals surface area (Å²) in [6, 6.07) is 0. The first kappa shape index (κ1) is 7.54. The summed E-state index contributed by atoms with van der Waals surface area (Å²) in [5, 5.41) is 0. The summed E-state index contributed by atoms with van der Waals surface area (Å²) in [6.07, 6.45) is 4.51. The molecule has 0 aliphatic rings. The molecule has 0 saturated carbocycles. The Morgan fingerprint density at radius 1 is 1.70 bits per heavy atom. The maximum Gasteiger partial charge on any atom is 0.119 e. The van der Waals surface area contributed by atoms with Crippen LogP contribution in [0.1, 0.15) is 12.7 Å². The second kappa shape index (κ2) is 3.01. The van der Waals surface area contributed by atoms with Crippen molar-refractivity contribution in [2.24, 2.45) is 0 Å². The third-order valence-corrected chi connectivity index (χ3v) is 2.24. The van der Waals surface area contributed by atoms with Crippen molar-refractivity contribution in [2.45, 2.75) is 18.2 Å². The molecule has 1 aromatic heterocycles. The van der Waals surface area contributed by atoms with E-state index in [9.17, 15) is 0 Å². The molecule has 0 radical (unpaired) electrons. The largest absolute Gasteiger partial charge is 0.466 e. The predicted molar refractivity (Wildman–Crippen MR) is 44.3 cm³/mol. The van der Waals surface area contributed by atoms with Crippen molar-refractivity contribution < 1.29 is 4.42 Å². The number of hydrogen-bond donors (Lipinski definition) is 1. The highest BCUT2D eigenvalue weighted by Gasteiger charge is 2.06. The fourth-order valence-electron chi connectivity index (χ4n) is 0.878. The van der Waals surface area contributed by atoms with Gasteiger partial charge in [-0.3, -0.25) is 0 Å². The molecular formula is C7H11NOS. The van der Waals surface area contributed by atoms with Crippen LogP contribution in [0.15, 0.2) is 15.6 Å². The molecule has 0 bridgehead atoms. The molecule has 0 spiro atoms. The Balaban J connectivity index is 3.01. The number of anilines is 1. The number of rotatable bonds is 2. The molecule has 0 fully saturated rings. The maximum atomic E-state index is 5.61. The molecule has 56 valence electrons. The fraction of sp³-hybridized carbons (Fsp3) is 0.429. The lowest BCUT2D eigenvalue weighted by Gasteiger charge is -1.94. The van der Waals surface area contributed by atoms with Crippen LogP contribution in [0.25, 0.3) is 0 Å². The van der Waals surface area contributed by atoms with Crippen molar-refractivity contribution in [2.75, 3.05) is 12.0 Å². The van der Waals surface area contributed by atoms with Crippen molar-refractivity contribution in [3.63, 3.8) is 0 Å². The Morgan fingerprint density at radius 2 is 2.40 bits per heavy atom. The van der Waals surface area contributed by atoms with E-state index >= 15 is 0 Å². The predicted octanol–water partition coefficient (Wildman–Crippen LogP) is 2.15. The highest BCUT2D eigenvalue weighted by molar-refractivity contribution is 7.98. The smallest absolute Gasteiger partial charge is 0.119 e. The van der Waals surface area contributed by atoms with Gasteiger partial charge in [-0.1, -0.05) is 6.92 Å². The van der Waals surface area contributed by atoms with Crippen LogP contribution >= 0.6 is 11.8 Å². The van der Waals surface area contributed by atoms with Crippen molar-refractivity contribution in [1.29, 1.82) is 0 Å². The van der Waals surface area contributed by atoms with Crippen LogP contribution in [-0.4, -0.2) is 6.26 Å². The second-order valence-corrected chi connectivity index (χ2v) is 2.82. The first-order valence-electron chi connectivity index (χ1n) is 3.19. The van der Waals surface area contributed by atoms with Gasteiger partial charge in [0, 0.05) is 6.42 Å². The lowest BCUT2D eigenvalue weighted by Crippen LogP contribution is -1.84. The summed E-state index contributed by atoms with van der Waals surface area (Å²) in [7, 11) is 0. The van der Waals surface area contributed by atoms with Crippen molar-refractivity contribution in [1.82, 2.24) is 0 Å². The highest BCUT2D eigenvalue weighted by Crippen LogP contribution is 2.28. The van der Waals surface area contributed by atoms with Gasteiger partial charge in [0.2, 0.25) is 0 Å². The average molecular weight is 157 g/mol. The van der Waals surface area contributed by atoms with E-state index in [0.717, 1.165) is 22.8 Å². The van der Waals surface area contributed by atoms with E-state index in [-0.39, 0.29) is 0 Å². The quantitative estimate of drug-likeness (QED) is 0.668. The average Bonchev–Trinajstić information content (AvgIpc) is 2.30. The zero-order valence-corrected chi connectivity index (χ0v) is 6.99. The Morgan fingerprint density at radius 3 is 2.80 bits per heavy atom. The summed E-state index contributed by atoms with van der Waals surface area (Å²) in [6.45, 7) is 2.05. The molecule has 1 aromatic rings. The summed E-state index contributed by atoms with van der Waals surface area (Å²) < 4.78 is 5.19. The summed E-state index contributed by atoms with van der Waals surface area (Å²) in [4.78, 5) is 1.09. The molecular weight excluding hydrogens is 146 g/mol. The number of nitrogens with two attached hydrogens (primary N) is 1. The number of furan rings is 1. The molecule has 0 aromatic carbocycles. The summed E-state index contributed by atoms with van der Waals surface area (Å²) in [5.41, 5.74) is 6.37. The van der Waals surface area contributed by atoms with Gasteiger partial charge < -0.3 is 10.2 Å². The Labute approximate surface area is 64.8 Å². The Kier molecular flexibility index (Phi) is 2.27. The van der Waals surface area contributed by atoms with E-state index in [1.807, 2.05) is 6.26 Å². The lowest BCUT2D eigenvalue weighted by atomic mass is 10.3. The van der Waals surface area contributed by atoms with Gasteiger partial charge in [-0.05, 0) is 6.26 Å². The molecule has 0 unspecified atom stereocenters. The van der Waals surface area contributed by atoms with Crippen LogP contribution in [0, 0.1) is 0 Å². The van der Waals surface area contributed by atoms with Gasteiger partial charge in [0.05, 0.1) is 10.6 Å². The first-order chi connectivity index (χ1) is 4.79. The van der Waals surface area contributed by atoms with Gasteiger partial charge in [-0.15, -0.1) is 11.8 Å². The minimum Gasteiger partial charge on any atom is -0.466 e. The van der Waals surface area contributed by atoms with Gasteiger partial charge in [0.25, 0.3) is 0 Å². The standard InChI is InChI=1S/C7H11NOS/c1-3-6-7(10-2)5(8)4-9-6/h4H,3,8H2,1-2H3. The topological polar surface area (TPSA) is 39.2 Å². The van der Waals surface area contributed by atoms with Crippen LogP contribution in [0.5, 0.6) is 0 Å². The van der Waals surface area contributed by atoms with E-state index in [2.05, 4.69) is 6.92 Å². The number of thioether (sulfide) groups is 1. The first-order valence-corrected chi connectivity index (χ1v) is 4.41. The minimum absolute atomic E-state index is 0.754. The SMILES string of the molecule is CCc1occ(N)c1SC. The zero-order valence-electron chi connectivity index (χ0n) is 6.18. The van der Waals surface area contributed by atoms with E-state index < -0.39 is 0 Å². The van der Waals surface area contributed by atoms with Crippen LogP contribution < -0.4 is 5.73 Å². The number of aryl methyl sites for hydroxylation is 1. The normalized spacial score (nSPS) is 10.2. The van der Waals surface area contributed by atoms with E-state index in [4.69, 9.17) is 10.2 Å². The van der Waals surface area contributed by atoms with E-state index in [1.54, 1.807) is 18.0 Å². The summed E-state index contributed by atoms with van der Waals surface area (Å²) >= 11 is 1.63. The highest BCUT2D eigenvalue weighted by atomic mass is 32.2. The molecule has 0 amide bonds. The molecule has 10 heavy (non-hydrogen) atoms. The fourth-order valence-corrected chi connectivity index (χ4v) is 1.58. The third kappa shape index (κ3) is 1.14. The van der Waals surface area contributed by atoms with Crippen LogP contribution in [0.4, 0.5) is 5.69 Å². The molecule has 1 heterocycles. The van der Waals surface area contributed by atoms with Gasteiger partial charge in [-0.25, -0.2) is 0 Å². The molecule has 1 rings (SSSR count). The molecule has 3 heteroatoms. The third-order valence-electron chi connectivity index (χ3n) is 1.37. The van der Waals surface area contributed by atoms with Crippen molar-refractivity contribution in [3.05, 3.63) is 12.0 Å². The van der Waals surface area contributed by atoms with Crippen LogP contribution in [0.2, 0.25) is 0 Å². The molecule has 0 atom stereocenters. The Hall–Kier alpha value is -0.570. The van der Waals surface area contributed by atoms with Gasteiger partial charge >= 0.3 is 0 Å². The van der Waals surface area contributed by atoms with Gasteiger partial charge in [0.1, 0.15) is 12.0 Å². The number of hydrogen-bond acceptors (Lipinski definition) is 3. The molecule has 2 N–H and O–H groups in total. The van der Waals surface area contributed by atoms with Crippen molar-refractivity contribution in [3.8, 4) is 0 Å². The molecule has 0 saturated heterocycles. The maximum absolute atomic E-state index is 5.61. The van der Waals surface area contributed by atoms with E-state index in [1.165, 1.54) is 0 Å². The number of nitrogen functional groups attached to an aromatic ring is 1. The minimum atomic E-state index is 0.754.